The Balaban J connectivity index is 2.20. The highest BCUT2D eigenvalue weighted by atomic mass is 19.1. The first-order valence-electron chi connectivity index (χ1n) is 6.24. The zero-order chi connectivity index (χ0) is 14.0. The Morgan fingerprint density at radius 1 is 1.00 bits per heavy atom. The molecule has 1 atom stereocenters. The van der Waals surface area contributed by atoms with Gasteiger partial charge in [0.2, 0.25) is 0 Å². The number of hydrogen-bond donors (Lipinski definition) is 1. The van der Waals surface area contributed by atoms with Crippen molar-refractivity contribution in [1.29, 1.82) is 0 Å². The van der Waals surface area contributed by atoms with Gasteiger partial charge in [0.25, 0.3) is 0 Å². The van der Waals surface area contributed by atoms with Crippen LogP contribution in [0.5, 0.6) is 0 Å². The first-order valence-corrected chi connectivity index (χ1v) is 6.24. The normalized spacial score (nSPS) is 12.5. The maximum atomic E-state index is 13.5. The predicted octanol–water partition coefficient (Wildman–Crippen LogP) is 3.82. The first-order chi connectivity index (χ1) is 8.97. The van der Waals surface area contributed by atoms with Gasteiger partial charge in [-0.25, -0.2) is 8.78 Å². The van der Waals surface area contributed by atoms with Crippen molar-refractivity contribution in [2.75, 3.05) is 0 Å². The smallest absolute Gasteiger partial charge is 0.126 e. The van der Waals surface area contributed by atoms with E-state index in [0.717, 1.165) is 16.7 Å². The molecule has 0 amide bonds. The molecule has 0 radical (unpaired) electrons. The predicted molar refractivity (Wildman–Crippen MR) is 72.9 cm³/mol. The molecule has 0 spiro atoms. The lowest BCUT2D eigenvalue weighted by molar-refractivity contribution is 0.609. The van der Waals surface area contributed by atoms with Gasteiger partial charge in [0.05, 0.1) is 0 Å². The molecule has 2 N–H and O–H groups in total. The fourth-order valence-electron chi connectivity index (χ4n) is 2.08. The van der Waals surface area contributed by atoms with Crippen molar-refractivity contribution in [3.63, 3.8) is 0 Å². The van der Waals surface area contributed by atoms with Crippen LogP contribution in [0.15, 0.2) is 36.4 Å². The minimum atomic E-state index is -0.292. The summed E-state index contributed by atoms with van der Waals surface area (Å²) in [7, 11) is 0. The summed E-state index contributed by atoms with van der Waals surface area (Å²) in [4.78, 5) is 0. The van der Waals surface area contributed by atoms with E-state index < -0.39 is 0 Å². The average molecular weight is 261 g/mol. The highest BCUT2D eigenvalue weighted by Crippen LogP contribution is 2.21. The standard InChI is InChI=1S/C16H17F2N/c1-10-3-4-13(8-15(10)18)16(19)9-12-5-6-14(17)7-11(12)2/h3-8,16H,9,19H2,1-2H3. The van der Waals surface area contributed by atoms with E-state index in [-0.39, 0.29) is 17.7 Å². The number of aryl methyl sites for hydroxylation is 2. The molecule has 0 saturated heterocycles. The second-order valence-electron chi connectivity index (χ2n) is 4.89. The molecule has 19 heavy (non-hydrogen) atoms. The molecule has 100 valence electrons. The van der Waals surface area contributed by atoms with Crippen LogP contribution in [0.3, 0.4) is 0 Å². The zero-order valence-corrected chi connectivity index (χ0v) is 11.1. The molecule has 2 aromatic carbocycles. The zero-order valence-electron chi connectivity index (χ0n) is 11.1. The molecule has 1 nitrogen and oxygen atoms in total. The molecule has 0 fully saturated rings. The Morgan fingerprint density at radius 2 is 1.74 bits per heavy atom. The average Bonchev–Trinajstić information content (AvgIpc) is 2.36. The van der Waals surface area contributed by atoms with Crippen LogP contribution in [-0.4, -0.2) is 0 Å². The number of halogens is 2. The van der Waals surface area contributed by atoms with Gasteiger partial charge < -0.3 is 5.73 Å². The lowest BCUT2D eigenvalue weighted by Gasteiger charge is -2.14. The van der Waals surface area contributed by atoms with E-state index in [1.807, 2.05) is 13.0 Å². The summed E-state index contributed by atoms with van der Waals surface area (Å²) in [6.45, 7) is 3.57. The van der Waals surface area contributed by atoms with E-state index in [4.69, 9.17) is 5.73 Å². The van der Waals surface area contributed by atoms with Crippen LogP contribution >= 0.6 is 0 Å². The van der Waals surface area contributed by atoms with Crippen LogP contribution < -0.4 is 5.73 Å². The molecule has 0 bridgehead atoms. The Kier molecular flexibility index (Phi) is 3.96. The minimum absolute atomic E-state index is 0.247. The van der Waals surface area contributed by atoms with E-state index in [2.05, 4.69) is 0 Å². The van der Waals surface area contributed by atoms with Crippen LogP contribution in [0.25, 0.3) is 0 Å². The van der Waals surface area contributed by atoms with E-state index in [1.165, 1.54) is 18.2 Å². The quantitative estimate of drug-likeness (QED) is 0.893. The molecule has 0 aliphatic carbocycles. The van der Waals surface area contributed by atoms with Gasteiger partial charge in [-0.05, 0) is 60.7 Å². The van der Waals surface area contributed by atoms with Gasteiger partial charge in [0, 0.05) is 6.04 Å². The molecular formula is C16H17F2N. The third kappa shape index (κ3) is 3.18. The molecule has 0 saturated carbocycles. The lowest BCUT2D eigenvalue weighted by atomic mass is 9.96. The maximum absolute atomic E-state index is 13.5. The van der Waals surface area contributed by atoms with Crippen molar-refractivity contribution in [3.8, 4) is 0 Å². The van der Waals surface area contributed by atoms with Crippen LogP contribution in [0.2, 0.25) is 0 Å². The first kappa shape index (κ1) is 13.7. The number of nitrogens with two attached hydrogens (primary N) is 1. The summed E-state index contributed by atoms with van der Waals surface area (Å²) in [5, 5.41) is 0. The molecule has 3 heteroatoms. The number of rotatable bonds is 3. The van der Waals surface area contributed by atoms with Gasteiger partial charge in [-0.15, -0.1) is 0 Å². The summed E-state index contributed by atoms with van der Waals surface area (Å²) in [5.74, 6) is -0.500. The van der Waals surface area contributed by atoms with Crippen molar-refractivity contribution in [3.05, 3.63) is 70.3 Å². The second-order valence-corrected chi connectivity index (χ2v) is 4.89. The van der Waals surface area contributed by atoms with Gasteiger partial charge in [0.15, 0.2) is 0 Å². The Morgan fingerprint density at radius 3 is 2.37 bits per heavy atom. The van der Waals surface area contributed by atoms with Gasteiger partial charge in [-0.3, -0.25) is 0 Å². The van der Waals surface area contributed by atoms with E-state index in [1.54, 1.807) is 19.1 Å². The monoisotopic (exact) mass is 261 g/mol. The Labute approximate surface area is 112 Å². The van der Waals surface area contributed by atoms with Gasteiger partial charge in [0.1, 0.15) is 11.6 Å². The summed E-state index contributed by atoms with van der Waals surface area (Å²) in [6, 6.07) is 9.37. The summed E-state index contributed by atoms with van der Waals surface area (Å²) < 4.78 is 26.5. The molecular weight excluding hydrogens is 244 g/mol. The molecule has 1 unspecified atom stereocenters. The molecule has 2 rings (SSSR count). The fraction of sp³-hybridized carbons (Fsp3) is 0.250. The van der Waals surface area contributed by atoms with Crippen LogP contribution in [0, 0.1) is 25.5 Å². The topological polar surface area (TPSA) is 26.0 Å². The van der Waals surface area contributed by atoms with Crippen molar-refractivity contribution in [2.45, 2.75) is 26.3 Å². The third-order valence-electron chi connectivity index (χ3n) is 3.37. The largest absolute Gasteiger partial charge is 0.324 e. The highest BCUT2D eigenvalue weighted by molar-refractivity contribution is 5.31. The van der Waals surface area contributed by atoms with Gasteiger partial charge in [-0.2, -0.15) is 0 Å². The molecule has 2 aromatic rings. The van der Waals surface area contributed by atoms with Gasteiger partial charge >= 0.3 is 0 Å². The molecule has 0 heterocycles. The van der Waals surface area contributed by atoms with Crippen molar-refractivity contribution >= 4 is 0 Å². The Hall–Kier alpha value is -1.74. The maximum Gasteiger partial charge on any atom is 0.126 e. The number of benzene rings is 2. The SMILES string of the molecule is Cc1ccc(C(N)Cc2ccc(F)cc2C)cc1F. The van der Waals surface area contributed by atoms with E-state index in [9.17, 15) is 8.78 Å². The van der Waals surface area contributed by atoms with Crippen molar-refractivity contribution < 1.29 is 8.78 Å². The summed E-state index contributed by atoms with van der Waals surface area (Å²) >= 11 is 0. The van der Waals surface area contributed by atoms with Crippen molar-refractivity contribution in [2.24, 2.45) is 5.73 Å². The van der Waals surface area contributed by atoms with Crippen LogP contribution in [0.4, 0.5) is 8.78 Å². The molecule has 0 aliphatic heterocycles. The fourth-order valence-corrected chi connectivity index (χ4v) is 2.08. The van der Waals surface area contributed by atoms with E-state index in [0.29, 0.717) is 12.0 Å². The second kappa shape index (κ2) is 5.49. The summed E-state index contributed by atoms with van der Waals surface area (Å²) in [6.07, 6.45) is 0.564. The molecule has 0 aliphatic rings. The van der Waals surface area contributed by atoms with Crippen molar-refractivity contribution in [1.82, 2.24) is 0 Å². The van der Waals surface area contributed by atoms with Crippen LogP contribution in [-0.2, 0) is 6.42 Å². The lowest BCUT2D eigenvalue weighted by Crippen LogP contribution is -2.14. The summed E-state index contributed by atoms with van der Waals surface area (Å²) in [5.41, 5.74) is 9.30. The molecule has 0 aromatic heterocycles. The number of hydrogen-bond acceptors (Lipinski definition) is 1. The highest BCUT2D eigenvalue weighted by Gasteiger charge is 2.11. The van der Waals surface area contributed by atoms with Crippen LogP contribution in [0.1, 0.15) is 28.3 Å². The third-order valence-corrected chi connectivity index (χ3v) is 3.37. The Bertz CT molecular complexity index is 593. The van der Waals surface area contributed by atoms with Gasteiger partial charge in [-0.1, -0.05) is 18.2 Å². The van der Waals surface area contributed by atoms with E-state index >= 15 is 0 Å². The minimum Gasteiger partial charge on any atom is -0.324 e.